The fourth-order valence-electron chi connectivity index (χ4n) is 2.53. The fourth-order valence-corrected chi connectivity index (χ4v) is 2.53. The second-order valence-electron chi connectivity index (χ2n) is 5.89. The first-order valence-electron chi connectivity index (χ1n) is 6.87. The lowest BCUT2D eigenvalue weighted by molar-refractivity contribution is 0.374. The molecule has 1 atom stereocenters. The van der Waals surface area contributed by atoms with Gasteiger partial charge in [-0.2, -0.15) is 5.26 Å². The van der Waals surface area contributed by atoms with Crippen molar-refractivity contribution in [2.24, 2.45) is 5.41 Å². The number of nitriles is 1. The summed E-state index contributed by atoms with van der Waals surface area (Å²) < 4.78 is 5.32. The van der Waals surface area contributed by atoms with Crippen LogP contribution in [0.4, 0.5) is 0 Å². The molecule has 102 valence electrons. The van der Waals surface area contributed by atoms with Gasteiger partial charge in [0.2, 0.25) is 0 Å². The van der Waals surface area contributed by atoms with Crippen molar-refractivity contribution >= 4 is 0 Å². The number of methoxy groups -OCH3 is 1. The maximum Gasteiger partial charge on any atom is 0.119 e. The van der Waals surface area contributed by atoms with Crippen molar-refractivity contribution in [2.75, 3.05) is 13.7 Å². The zero-order chi connectivity index (χ0) is 13.9. The molecular formula is C16H22N2O. The summed E-state index contributed by atoms with van der Waals surface area (Å²) in [6.07, 6.45) is 3.46. The molecule has 19 heavy (non-hydrogen) atoms. The molecule has 0 aliphatic heterocycles. The van der Waals surface area contributed by atoms with Gasteiger partial charge >= 0.3 is 0 Å². The molecular weight excluding hydrogens is 236 g/mol. The second kappa shape index (κ2) is 5.63. The molecule has 1 aromatic rings. The molecule has 0 aromatic heterocycles. The molecule has 2 rings (SSSR count). The molecule has 3 heteroatoms. The van der Waals surface area contributed by atoms with Crippen molar-refractivity contribution in [2.45, 2.75) is 39.2 Å². The molecule has 1 aliphatic rings. The summed E-state index contributed by atoms with van der Waals surface area (Å²) in [5.41, 5.74) is 2.41. The normalized spacial score (nSPS) is 18.5. The summed E-state index contributed by atoms with van der Waals surface area (Å²) in [4.78, 5) is 0. The molecule has 0 fully saturated rings. The average Bonchev–Trinajstić information content (AvgIpc) is 2.44. The maximum absolute atomic E-state index is 9.09. The van der Waals surface area contributed by atoms with E-state index in [-0.39, 0.29) is 5.41 Å². The molecule has 0 saturated carbocycles. The van der Waals surface area contributed by atoms with Crippen LogP contribution in [0.2, 0.25) is 0 Å². The molecule has 0 amide bonds. The van der Waals surface area contributed by atoms with Crippen LogP contribution in [0.3, 0.4) is 0 Å². The lowest BCUT2D eigenvalue weighted by Gasteiger charge is -2.29. The largest absolute Gasteiger partial charge is 0.497 e. The summed E-state index contributed by atoms with van der Waals surface area (Å²) >= 11 is 0. The van der Waals surface area contributed by atoms with E-state index < -0.39 is 0 Å². The monoisotopic (exact) mass is 258 g/mol. The van der Waals surface area contributed by atoms with Crippen molar-refractivity contribution < 1.29 is 4.74 Å². The number of rotatable bonds is 4. The number of aryl methyl sites for hydroxylation is 1. The van der Waals surface area contributed by atoms with E-state index in [2.05, 4.69) is 23.5 Å². The highest BCUT2D eigenvalue weighted by Crippen LogP contribution is 2.32. The number of ether oxygens (including phenoxy) is 1. The van der Waals surface area contributed by atoms with Crippen LogP contribution in [0.5, 0.6) is 5.75 Å². The van der Waals surface area contributed by atoms with Crippen LogP contribution in [0.1, 0.15) is 43.9 Å². The smallest absolute Gasteiger partial charge is 0.119 e. The third-order valence-corrected chi connectivity index (χ3v) is 3.76. The lowest BCUT2D eigenvalue weighted by Crippen LogP contribution is -2.33. The van der Waals surface area contributed by atoms with E-state index in [0.717, 1.165) is 18.6 Å². The number of fused-ring (bicyclic) bond motifs is 1. The van der Waals surface area contributed by atoms with Crippen molar-refractivity contribution in [1.82, 2.24) is 5.32 Å². The van der Waals surface area contributed by atoms with Gasteiger partial charge in [-0.05, 0) is 56.4 Å². The molecule has 1 N–H and O–H groups in total. The van der Waals surface area contributed by atoms with Crippen molar-refractivity contribution in [3.8, 4) is 11.8 Å². The summed E-state index contributed by atoms with van der Waals surface area (Å²) in [6, 6.07) is 9.00. The van der Waals surface area contributed by atoms with Crippen molar-refractivity contribution in [1.29, 1.82) is 5.26 Å². The first-order chi connectivity index (χ1) is 9.05. The van der Waals surface area contributed by atoms with Crippen LogP contribution in [0.15, 0.2) is 18.2 Å². The van der Waals surface area contributed by atoms with Gasteiger partial charge in [-0.1, -0.05) is 6.07 Å². The highest BCUT2D eigenvalue weighted by molar-refractivity contribution is 5.39. The molecule has 1 unspecified atom stereocenters. The second-order valence-corrected chi connectivity index (χ2v) is 5.89. The van der Waals surface area contributed by atoms with Crippen LogP contribution in [-0.2, 0) is 6.42 Å². The van der Waals surface area contributed by atoms with Gasteiger partial charge in [0.25, 0.3) is 0 Å². The number of benzene rings is 1. The zero-order valence-corrected chi connectivity index (χ0v) is 12.0. The van der Waals surface area contributed by atoms with Gasteiger partial charge in [-0.25, -0.2) is 0 Å². The molecule has 0 bridgehead atoms. The first kappa shape index (κ1) is 13.9. The van der Waals surface area contributed by atoms with Gasteiger partial charge in [0, 0.05) is 12.6 Å². The SMILES string of the molecule is COc1ccc2c(c1)C(NCC(C)(C)C#N)CCC2. The van der Waals surface area contributed by atoms with Crippen LogP contribution >= 0.6 is 0 Å². The summed E-state index contributed by atoms with van der Waals surface area (Å²) in [5.74, 6) is 0.909. The van der Waals surface area contributed by atoms with Gasteiger partial charge < -0.3 is 10.1 Å². The van der Waals surface area contributed by atoms with Gasteiger partial charge in [-0.15, -0.1) is 0 Å². The topological polar surface area (TPSA) is 45.0 Å². The van der Waals surface area contributed by atoms with Crippen molar-refractivity contribution in [3.05, 3.63) is 29.3 Å². The first-order valence-corrected chi connectivity index (χ1v) is 6.87. The molecule has 0 saturated heterocycles. The van der Waals surface area contributed by atoms with Gasteiger partial charge in [0.1, 0.15) is 5.75 Å². The Labute approximate surface area is 115 Å². The quantitative estimate of drug-likeness (QED) is 0.902. The number of hydrogen-bond donors (Lipinski definition) is 1. The van der Waals surface area contributed by atoms with Crippen LogP contribution in [0, 0.1) is 16.7 Å². The Morgan fingerprint density at radius 2 is 2.26 bits per heavy atom. The molecule has 1 aliphatic carbocycles. The fraction of sp³-hybridized carbons (Fsp3) is 0.562. The van der Waals surface area contributed by atoms with E-state index in [9.17, 15) is 0 Å². The Bertz CT molecular complexity index is 488. The molecule has 1 aromatic carbocycles. The average molecular weight is 258 g/mol. The minimum absolute atomic E-state index is 0.323. The highest BCUT2D eigenvalue weighted by atomic mass is 16.5. The van der Waals surface area contributed by atoms with E-state index >= 15 is 0 Å². The molecule has 0 heterocycles. The lowest BCUT2D eigenvalue weighted by atomic mass is 9.86. The summed E-state index contributed by atoms with van der Waals surface area (Å²) in [7, 11) is 1.70. The Kier molecular flexibility index (Phi) is 4.11. The van der Waals surface area contributed by atoms with Crippen LogP contribution in [-0.4, -0.2) is 13.7 Å². The van der Waals surface area contributed by atoms with Crippen LogP contribution < -0.4 is 10.1 Å². The number of hydrogen-bond acceptors (Lipinski definition) is 3. The minimum atomic E-state index is -0.323. The summed E-state index contributed by atoms with van der Waals surface area (Å²) in [6.45, 7) is 4.65. The number of nitrogens with one attached hydrogen (secondary N) is 1. The summed E-state index contributed by atoms with van der Waals surface area (Å²) in [5, 5.41) is 12.6. The standard InChI is InChI=1S/C16H22N2O/c1-16(2,10-17)11-18-15-6-4-5-12-7-8-13(19-3)9-14(12)15/h7-9,15,18H,4-6,11H2,1-3H3. The predicted molar refractivity (Wildman–Crippen MR) is 76.1 cm³/mol. The third kappa shape index (κ3) is 3.27. The third-order valence-electron chi connectivity index (χ3n) is 3.76. The van der Waals surface area contributed by atoms with E-state index in [4.69, 9.17) is 10.00 Å². The van der Waals surface area contributed by atoms with Crippen LogP contribution in [0.25, 0.3) is 0 Å². The van der Waals surface area contributed by atoms with Gasteiger partial charge in [0.15, 0.2) is 0 Å². The highest BCUT2D eigenvalue weighted by Gasteiger charge is 2.24. The molecule has 0 spiro atoms. The molecule has 0 radical (unpaired) electrons. The maximum atomic E-state index is 9.09. The Hall–Kier alpha value is -1.53. The minimum Gasteiger partial charge on any atom is -0.497 e. The van der Waals surface area contributed by atoms with E-state index in [1.54, 1.807) is 7.11 Å². The zero-order valence-electron chi connectivity index (χ0n) is 12.0. The predicted octanol–water partition coefficient (Wildman–Crippen LogP) is 3.21. The van der Waals surface area contributed by atoms with E-state index in [1.165, 1.54) is 17.5 Å². The Morgan fingerprint density at radius 1 is 1.47 bits per heavy atom. The van der Waals surface area contributed by atoms with Gasteiger partial charge in [-0.3, -0.25) is 0 Å². The Balaban J connectivity index is 2.15. The van der Waals surface area contributed by atoms with Crippen molar-refractivity contribution in [3.63, 3.8) is 0 Å². The Morgan fingerprint density at radius 3 is 2.95 bits per heavy atom. The molecule has 3 nitrogen and oxygen atoms in total. The van der Waals surface area contributed by atoms with E-state index in [0.29, 0.717) is 12.6 Å². The number of nitrogens with zero attached hydrogens (tertiary/aromatic N) is 1. The van der Waals surface area contributed by atoms with E-state index in [1.807, 2.05) is 19.9 Å². The van der Waals surface area contributed by atoms with Gasteiger partial charge in [0.05, 0.1) is 18.6 Å².